The molecule has 3 nitrogen and oxygen atoms in total. The van der Waals surface area contributed by atoms with Gasteiger partial charge in [0.15, 0.2) is 5.78 Å². The summed E-state index contributed by atoms with van der Waals surface area (Å²) in [4.78, 5) is 12.4. The molecule has 1 atom stereocenters. The molecule has 3 rings (SSSR count). The van der Waals surface area contributed by atoms with Gasteiger partial charge in [-0.3, -0.25) is 4.79 Å². The van der Waals surface area contributed by atoms with Gasteiger partial charge in [-0.2, -0.15) is 0 Å². The number of benzene rings is 2. The van der Waals surface area contributed by atoms with Crippen molar-refractivity contribution in [3.63, 3.8) is 0 Å². The number of rotatable bonds is 6. The quantitative estimate of drug-likeness (QED) is 0.823. The molecule has 2 aromatic rings. The maximum atomic E-state index is 12.4. The summed E-state index contributed by atoms with van der Waals surface area (Å²) < 4.78 is 5.67. The van der Waals surface area contributed by atoms with Crippen LogP contribution in [-0.2, 0) is 6.42 Å². The molecule has 0 spiro atoms. The number of Topliss-reactive ketones (excluding diaryl/α,β-unsaturated/α-hetero) is 1. The summed E-state index contributed by atoms with van der Waals surface area (Å²) in [6.07, 6.45) is 2.13. The third-order valence-corrected chi connectivity index (χ3v) is 4.02. The molecule has 0 radical (unpaired) electrons. The normalized spacial score (nSPS) is 16.2. The monoisotopic (exact) mass is 331 g/mol. The van der Waals surface area contributed by atoms with Gasteiger partial charge < -0.3 is 10.1 Å². The van der Waals surface area contributed by atoms with Gasteiger partial charge in [0.2, 0.25) is 0 Å². The second-order valence-electron chi connectivity index (χ2n) is 5.66. The molecule has 1 N–H and O–H groups in total. The summed E-state index contributed by atoms with van der Waals surface area (Å²) in [5.74, 6) is 0.830. The number of para-hydroxylation sites is 1. The average Bonchev–Trinajstić information content (AvgIpc) is 2.58. The van der Waals surface area contributed by atoms with Crippen LogP contribution in [0.4, 0.5) is 0 Å². The Morgan fingerprint density at radius 2 is 1.78 bits per heavy atom. The fraction of sp³-hybridized carbons (Fsp3) is 0.316. The van der Waals surface area contributed by atoms with Crippen LogP contribution < -0.4 is 10.1 Å². The first-order chi connectivity index (χ1) is 10.8. The number of ether oxygens (including phenoxy) is 1. The van der Waals surface area contributed by atoms with Crippen LogP contribution in [0.2, 0.25) is 0 Å². The number of aryl methyl sites for hydroxylation is 1. The molecular formula is C19H22ClNO2. The Hall–Kier alpha value is -1.84. The number of fused-ring (bicyclic) bond motifs is 1. The van der Waals surface area contributed by atoms with Gasteiger partial charge in [0.1, 0.15) is 5.75 Å². The predicted molar refractivity (Wildman–Crippen MR) is 94.6 cm³/mol. The lowest BCUT2D eigenvalue weighted by Crippen LogP contribution is -2.36. The van der Waals surface area contributed by atoms with Crippen LogP contribution in [-0.4, -0.2) is 25.5 Å². The number of ketones is 1. The van der Waals surface area contributed by atoms with E-state index in [4.69, 9.17) is 4.74 Å². The molecule has 1 aliphatic rings. The molecule has 0 saturated carbocycles. The van der Waals surface area contributed by atoms with Gasteiger partial charge in [0.25, 0.3) is 0 Å². The minimum absolute atomic E-state index is 0. The summed E-state index contributed by atoms with van der Waals surface area (Å²) in [6, 6.07) is 18.0. The lowest BCUT2D eigenvalue weighted by molar-refractivity contribution is 0.0830. The van der Waals surface area contributed by atoms with Crippen molar-refractivity contribution in [3.05, 3.63) is 65.7 Å². The van der Waals surface area contributed by atoms with Crippen LogP contribution >= 0.6 is 12.4 Å². The molecule has 1 unspecified atom stereocenters. The number of carbonyl (C=O) groups excluding carboxylic acids is 1. The highest BCUT2D eigenvalue weighted by atomic mass is 35.5. The molecule has 0 saturated heterocycles. The Bertz CT molecular complexity index is 630. The summed E-state index contributed by atoms with van der Waals surface area (Å²) in [5.41, 5.74) is 2.07. The van der Waals surface area contributed by atoms with Gasteiger partial charge in [0.05, 0.1) is 18.1 Å². The molecule has 0 bridgehead atoms. The lowest BCUT2D eigenvalue weighted by Gasteiger charge is -2.24. The molecule has 1 heterocycles. The molecular weight excluding hydrogens is 310 g/mol. The fourth-order valence-electron chi connectivity index (χ4n) is 2.77. The van der Waals surface area contributed by atoms with Crippen molar-refractivity contribution in [2.24, 2.45) is 5.92 Å². The molecule has 4 heteroatoms. The van der Waals surface area contributed by atoms with E-state index in [-0.39, 0.29) is 24.1 Å². The molecule has 0 fully saturated rings. The van der Waals surface area contributed by atoms with E-state index in [1.807, 2.05) is 30.3 Å². The van der Waals surface area contributed by atoms with Crippen molar-refractivity contribution in [2.45, 2.75) is 12.8 Å². The van der Waals surface area contributed by atoms with E-state index < -0.39 is 0 Å². The van der Waals surface area contributed by atoms with Crippen LogP contribution in [0.15, 0.2) is 54.6 Å². The van der Waals surface area contributed by atoms with Crippen LogP contribution in [0.25, 0.3) is 0 Å². The third-order valence-electron chi connectivity index (χ3n) is 4.02. The van der Waals surface area contributed by atoms with Crippen molar-refractivity contribution >= 4 is 18.2 Å². The first-order valence-electron chi connectivity index (χ1n) is 7.85. The summed E-state index contributed by atoms with van der Waals surface area (Å²) in [6.45, 7) is 2.07. The van der Waals surface area contributed by atoms with E-state index in [1.165, 1.54) is 5.56 Å². The Labute approximate surface area is 143 Å². The molecule has 23 heavy (non-hydrogen) atoms. The van der Waals surface area contributed by atoms with E-state index in [9.17, 15) is 4.79 Å². The zero-order valence-electron chi connectivity index (χ0n) is 13.0. The van der Waals surface area contributed by atoms with Gasteiger partial charge in [-0.05, 0) is 37.1 Å². The topological polar surface area (TPSA) is 38.3 Å². The smallest absolute Gasteiger partial charge is 0.174 e. The highest BCUT2D eigenvalue weighted by molar-refractivity contribution is 6.01. The van der Waals surface area contributed by atoms with Crippen LogP contribution in [0, 0.1) is 5.92 Å². The maximum absolute atomic E-state index is 12.4. The third kappa shape index (κ3) is 4.57. The van der Waals surface area contributed by atoms with Crippen molar-refractivity contribution in [3.8, 4) is 5.75 Å². The molecule has 2 aromatic carbocycles. The van der Waals surface area contributed by atoms with Crippen molar-refractivity contribution < 1.29 is 9.53 Å². The van der Waals surface area contributed by atoms with Gasteiger partial charge in [-0.15, -0.1) is 12.4 Å². The van der Waals surface area contributed by atoms with Crippen molar-refractivity contribution in [2.75, 3.05) is 19.7 Å². The first kappa shape index (κ1) is 17.5. The van der Waals surface area contributed by atoms with E-state index in [0.717, 1.165) is 19.4 Å². The Morgan fingerprint density at radius 3 is 2.61 bits per heavy atom. The van der Waals surface area contributed by atoms with Crippen molar-refractivity contribution in [1.82, 2.24) is 5.32 Å². The van der Waals surface area contributed by atoms with E-state index in [0.29, 0.717) is 24.5 Å². The standard InChI is InChI=1S/C19H21NO2.ClH/c21-19-16(14-22-18-11-5-4-10-17(18)19)13-20-12-6-9-15-7-2-1-3-8-15;/h1-5,7-8,10-11,16,20H,6,9,12-14H2;1H. The summed E-state index contributed by atoms with van der Waals surface area (Å²) in [5, 5.41) is 3.39. The van der Waals surface area contributed by atoms with Crippen LogP contribution in [0.5, 0.6) is 5.75 Å². The minimum Gasteiger partial charge on any atom is -0.492 e. The second kappa shape index (κ2) is 8.70. The number of nitrogens with one attached hydrogen (secondary N) is 1. The largest absolute Gasteiger partial charge is 0.492 e. The summed E-state index contributed by atoms with van der Waals surface area (Å²) in [7, 11) is 0. The lowest BCUT2D eigenvalue weighted by atomic mass is 9.95. The van der Waals surface area contributed by atoms with Crippen molar-refractivity contribution in [1.29, 1.82) is 0 Å². The van der Waals surface area contributed by atoms with Gasteiger partial charge >= 0.3 is 0 Å². The molecule has 1 aliphatic heterocycles. The van der Waals surface area contributed by atoms with Crippen LogP contribution in [0.3, 0.4) is 0 Å². The molecule has 0 aromatic heterocycles. The van der Waals surface area contributed by atoms with Gasteiger partial charge in [-0.1, -0.05) is 42.5 Å². The Morgan fingerprint density at radius 1 is 1.04 bits per heavy atom. The van der Waals surface area contributed by atoms with Gasteiger partial charge in [0, 0.05) is 6.54 Å². The van der Waals surface area contributed by atoms with Crippen LogP contribution in [0.1, 0.15) is 22.3 Å². The minimum atomic E-state index is -0.0772. The number of carbonyl (C=O) groups is 1. The van der Waals surface area contributed by atoms with E-state index in [2.05, 4.69) is 29.6 Å². The average molecular weight is 332 g/mol. The van der Waals surface area contributed by atoms with E-state index >= 15 is 0 Å². The van der Waals surface area contributed by atoms with Gasteiger partial charge in [-0.25, -0.2) is 0 Å². The maximum Gasteiger partial charge on any atom is 0.174 e. The Kier molecular flexibility index (Phi) is 6.63. The second-order valence-corrected chi connectivity index (χ2v) is 5.66. The van der Waals surface area contributed by atoms with E-state index in [1.54, 1.807) is 0 Å². The predicted octanol–water partition coefficient (Wildman–Crippen LogP) is 3.52. The molecule has 122 valence electrons. The number of hydrogen-bond donors (Lipinski definition) is 1. The molecule has 0 amide bonds. The zero-order chi connectivity index (χ0) is 15.2. The number of hydrogen-bond acceptors (Lipinski definition) is 3. The first-order valence-corrected chi connectivity index (χ1v) is 7.85. The fourth-order valence-corrected chi connectivity index (χ4v) is 2.77. The SMILES string of the molecule is Cl.O=C1c2ccccc2OCC1CNCCCc1ccccc1. The highest BCUT2D eigenvalue weighted by Gasteiger charge is 2.27. The summed E-state index contributed by atoms with van der Waals surface area (Å²) >= 11 is 0. The zero-order valence-corrected chi connectivity index (χ0v) is 13.9. The highest BCUT2D eigenvalue weighted by Crippen LogP contribution is 2.26. The molecule has 0 aliphatic carbocycles. The number of halogens is 1. The Balaban J connectivity index is 0.00000192.